The summed E-state index contributed by atoms with van der Waals surface area (Å²) in [6, 6.07) is 13.5. The fourth-order valence-electron chi connectivity index (χ4n) is 3.45. The third-order valence-corrected chi connectivity index (χ3v) is 4.92. The molecular formula is C20H18N6O2. The molecule has 28 heavy (non-hydrogen) atoms. The van der Waals surface area contributed by atoms with Crippen molar-refractivity contribution >= 4 is 23.1 Å². The number of nitrogen functional groups attached to an aromatic ring is 1. The fourth-order valence-corrected chi connectivity index (χ4v) is 3.45. The molecule has 8 heteroatoms. The van der Waals surface area contributed by atoms with Gasteiger partial charge in [0.25, 0.3) is 0 Å². The number of furan rings is 1. The molecule has 8 nitrogen and oxygen atoms in total. The summed E-state index contributed by atoms with van der Waals surface area (Å²) in [4.78, 5) is 22.7. The van der Waals surface area contributed by atoms with Crippen LogP contribution < -0.4 is 10.6 Å². The largest absolute Gasteiger partial charge is 0.461 e. The van der Waals surface area contributed by atoms with Crippen molar-refractivity contribution in [1.82, 2.24) is 19.6 Å². The number of nitrogens with zero attached hydrogens (tertiary/aromatic N) is 5. The number of carbonyl (C=O) groups excluding carboxylic acids is 1. The third kappa shape index (κ3) is 2.88. The van der Waals surface area contributed by atoms with Crippen LogP contribution in [-0.4, -0.2) is 38.5 Å². The second-order valence-corrected chi connectivity index (χ2v) is 6.76. The fraction of sp³-hybridized carbons (Fsp3) is 0.200. The Morgan fingerprint density at radius 1 is 1.04 bits per heavy atom. The van der Waals surface area contributed by atoms with Gasteiger partial charge in [0.2, 0.25) is 11.8 Å². The lowest BCUT2D eigenvalue weighted by atomic mass is 10.1. The van der Waals surface area contributed by atoms with Gasteiger partial charge in [0.05, 0.1) is 12.0 Å². The van der Waals surface area contributed by atoms with E-state index in [-0.39, 0.29) is 5.95 Å². The number of nitrogens with two attached hydrogens (primary N) is 1. The van der Waals surface area contributed by atoms with Crippen LogP contribution in [0.3, 0.4) is 0 Å². The van der Waals surface area contributed by atoms with E-state index < -0.39 is 0 Å². The molecule has 0 spiro atoms. The summed E-state index contributed by atoms with van der Waals surface area (Å²) >= 11 is 0. The van der Waals surface area contributed by atoms with Crippen LogP contribution in [0.5, 0.6) is 0 Å². The lowest BCUT2D eigenvalue weighted by Crippen LogP contribution is -2.33. The lowest BCUT2D eigenvalue weighted by molar-refractivity contribution is -0.119. The van der Waals surface area contributed by atoms with Crippen LogP contribution in [0, 0.1) is 0 Å². The van der Waals surface area contributed by atoms with Crippen LogP contribution in [0.15, 0.2) is 53.1 Å². The number of benzene rings is 1. The van der Waals surface area contributed by atoms with Crippen LogP contribution in [0.1, 0.15) is 12.8 Å². The van der Waals surface area contributed by atoms with Crippen LogP contribution in [-0.2, 0) is 4.79 Å². The smallest absolute Gasteiger partial charge is 0.223 e. The van der Waals surface area contributed by atoms with Crippen molar-refractivity contribution in [3.05, 3.63) is 48.7 Å². The molecule has 4 heterocycles. The molecule has 0 amide bonds. The number of ketones is 1. The van der Waals surface area contributed by atoms with Gasteiger partial charge in [0, 0.05) is 43.2 Å². The molecule has 4 aromatic rings. The molecule has 5 rings (SSSR count). The van der Waals surface area contributed by atoms with Crippen molar-refractivity contribution in [2.24, 2.45) is 0 Å². The highest BCUT2D eigenvalue weighted by Gasteiger charge is 2.18. The Hall–Kier alpha value is -3.68. The molecule has 0 saturated carbocycles. The second-order valence-electron chi connectivity index (χ2n) is 6.76. The van der Waals surface area contributed by atoms with E-state index in [1.807, 2.05) is 24.3 Å². The van der Waals surface area contributed by atoms with Gasteiger partial charge in [-0.15, -0.1) is 5.10 Å². The van der Waals surface area contributed by atoms with Gasteiger partial charge in [0.1, 0.15) is 5.78 Å². The first-order valence-electron chi connectivity index (χ1n) is 9.12. The maximum absolute atomic E-state index is 11.5. The van der Waals surface area contributed by atoms with E-state index in [0.29, 0.717) is 35.9 Å². The van der Waals surface area contributed by atoms with Crippen molar-refractivity contribution in [2.75, 3.05) is 23.7 Å². The van der Waals surface area contributed by atoms with Crippen molar-refractivity contribution in [3.8, 4) is 22.8 Å². The average Bonchev–Trinajstić information content (AvgIpc) is 3.38. The molecule has 1 saturated heterocycles. The molecule has 140 valence electrons. The Morgan fingerprint density at radius 3 is 2.68 bits per heavy atom. The highest BCUT2D eigenvalue weighted by molar-refractivity contribution is 5.81. The minimum absolute atomic E-state index is 0.256. The first-order chi connectivity index (χ1) is 13.7. The zero-order chi connectivity index (χ0) is 19.1. The Balaban J connectivity index is 1.52. The number of hydrogen-bond acceptors (Lipinski definition) is 7. The number of anilines is 2. The quantitative estimate of drug-likeness (QED) is 0.588. The molecular weight excluding hydrogens is 356 g/mol. The van der Waals surface area contributed by atoms with E-state index in [9.17, 15) is 4.79 Å². The van der Waals surface area contributed by atoms with Crippen LogP contribution in [0.4, 0.5) is 11.6 Å². The number of piperidine rings is 1. The molecule has 0 atom stereocenters. The SMILES string of the molecule is Nc1nc(-c2cccc(N3CCC(=O)CC3)c2)cc2nc(-c3ccco3)nn12. The molecule has 0 aliphatic carbocycles. The maximum atomic E-state index is 11.5. The standard InChI is InChI=1S/C20H18N6O2/c21-20-22-16(12-18-23-19(24-26(18)20)17-5-2-10-28-17)13-3-1-4-14(11-13)25-8-6-15(27)7-9-25/h1-5,10-12H,6-9H2,(H2,21,22). The maximum Gasteiger partial charge on any atom is 0.223 e. The summed E-state index contributed by atoms with van der Waals surface area (Å²) in [6.07, 6.45) is 2.76. The number of Topliss-reactive ketones (excluding diaryl/α,β-unsaturated/α-hetero) is 1. The number of fused-ring (bicyclic) bond motifs is 1. The Bertz CT molecular complexity index is 1150. The van der Waals surface area contributed by atoms with Gasteiger partial charge in [-0.25, -0.2) is 9.97 Å². The number of hydrogen-bond donors (Lipinski definition) is 1. The topological polar surface area (TPSA) is 103 Å². The van der Waals surface area contributed by atoms with E-state index in [1.165, 1.54) is 4.52 Å². The highest BCUT2D eigenvalue weighted by atomic mass is 16.3. The van der Waals surface area contributed by atoms with Gasteiger partial charge < -0.3 is 15.1 Å². The lowest BCUT2D eigenvalue weighted by Gasteiger charge is -2.28. The second kappa shape index (κ2) is 6.49. The predicted octanol–water partition coefficient (Wildman–Crippen LogP) is 2.80. The van der Waals surface area contributed by atoms with E-state index >= 15 is 0 Å². The van der Waals surface area contributed by atoms with E-state index in [0.717, 1.165) is 30.0 Å². The third-order valence-electron chi connectivity index (χ3n) is 4.92. The molecule has 1 aliphatic heterocycles. The molecule has 0 radical (unpaired) electrons. The number of carbonyl (C=O) groups is 1. The summed E-state index contributed by atoms with van der Waals surface area (Å²) in [5.41, 5.74) is 9.46. The monoisotopic (exact) mass is 374 g/mol. The van der Waals surface area contributed by atoms with Gasteiger partial charge in [-0.3, -0.25) is 4.79 Å². The summed E-state index contributed by atoms with van der Waals surface area (Å²) in [6.45, 7) is 1.49. The summed E-state index contributed by atoms with van der Waals surface area (Å²) in [5.74, 6) is 1.62. The van der Waals surface area contributed by atoms with Gasteiger partial charge in [-0.1, -0.05) is 12.1 Å². The molecule has 1 fully saturated rings. The first kappa shape index (κ1) is 16.5. The summed E-state index contributed by atoms with van der Waals surface area (Å²) < 4.78 is 6.87. The zero-order valence-corrected chi connectivity index (χ0v) is 15.1. The molecule has 1 aromatic carbocycles. The van der Waals surface area contributed by atoms with Gasteiger partial charge in [-0.2, -0.15) is 4.52 Å². The van der Waals surface area contributed by atoms with E-state index in [1.54, 1.807) is 18.4 Å². The first-order valence-corrected chi connectivity index (χ1v) is 9.12. The van der Waals surface area contributed by atoms with Crippen LogP contribution in [0.25, 0.3) is 28.5 Å². The number of aromatic nitrogens is 4. The van der Waals surface area contributed by atoms with Gasteiger partial charge >= 0.3 is 0 Å². The molecule has 1 aliphatic rings. The normalized spacial score (nSPS) is 14.7. The summed E-state index contributed by atoms with van der Waals surface area (Å²) in [7, 11) is 0. The number of rotatable bonds is 3. The highest BCUT2D eigenvalue weighted by Crippen LogP contribution is 2.27. The van der Waals surface area contributed by atoms with Gasteiger partial charge in [-0.05, 0) is 24.3 Å². The van der Waals surface area contributed by atoms with Crippen LogP contribution >= 0.6 is 0 Å². The molecule has 0 unspecified atom stereocenters. The van der Waals surface area contributed by atoms with Crippen molar-refractivity contribution in [2.45, 2.75) is 12.8 Å². The van der Waals surface area contributed by atoms with Crippen molar-refractivity contribution in [3.63, 3.8) is 0 Å². The van der Waals surface area contributed by atoms with Crippen LogP contribution in [0.2, 0.25) is 0 Å². The molecule has 3 aromatic heterocycles. The van der Waals surface area contributed by atoms with Gasteiger partial charge in [0.15, 0.2) is 11.4 Å². The Labute approximate surface area is 160 Å². The molecule has 0 bridgehead atoms. The van der Waals surface area contributed by atoms with Crippen molar-refractivity contribution in [1.29, 1.82) is 0 Å². The zero-order valence-electron chi connectivity index (χ0n) is 15.1. The Kier molecular flexibility index (Phi) is 3.82. The molecule has 2 N–H and O–H groups in total. The average molecular weight is 374 g/mol. The van der Waals surface area contributed by atoms with E-state index in [2.05, 4.69) is 26.0 Å². The Morgan fingerprint density at radius 2 is 1.89 bits per heavy atom. The van der Waals surface area contributed by atoms with E-state index in [4.69, 9.17) is 10.2 Å². The minimum atomic E-state index is 0.256. The predicted molar refractivity (Wildman–Crippen MR) is 105 cm³/mol. The summed E-state index contributed by atoms with van der Waals surface area (Å²) in [5, 5.41) is 4.37. The van der Waals surface area contributed by atoms with Crippen molar-refractivity contribution < 1.29 is 9.21 Å². The minimum Gasteiger partial charge on any atom is -0.461 e.